The number of hydrogen-bond donors (Lipinski definition) is 1. The monoisotopic (exact) mass is 292 g/mol. The van der Waals surface area contributed by atoms with Gasteiger partial charge in [0.1, 0.15) is 0 Å². The predicted molar refractivity (Wildman–Crippen MR) is 83.5 cm³/mol. The van der Waals surface area contributed by atoms with Crippen molar-refractivity contribution in [1.29, 1.82) is 0 Å². The molecule has 0 heterocycles. The lowest BCUT2D eigenvalue weighted by molar-refractivity contribution is -0.384. The summed E-state index contributed by atoms with van der Waals surface area (Å²) in [6.07, 6.45) is 1.24. The zero-order chi connectivity index (χ0) is 15.6. The number of ether oxygens (including phenoxy) is 1. The first-order chi connectivity index (χ1) is 9.80. The van der Waals surface area contributed by atoms with Crippen molar-refractivity contribution in [2.24, 2.45) is 11.3 Å². The first-order valence-electron chi connectivity index (χ1n) is 7.43. The summed E-state index contributed by atoms with van der Waals surface area (Å²) in [5, 5.41) is 14.1. The molecule has 2 rings (SSSR count). The van der Waals surface area contributed by atoms with Crippen molar-refractivity contribution in [3.05, 3.63) is 34.4 Å². The first-order valence-corrected chi connectivity index (χ1v) is 7.43. The summed E-state index contributed by atoms with van der Waals surface area (Å²) in [5.74, 6) is 0.544. The number of rotatable bonds is 6. The number of nitro benzene ring substituents is 1. The number of nitrogens with one attached hydrogen (secondary N) is 1. The summed E-state index contributed by atoms with van der Waals surface area (Å²) in [6.45, 7) is 9.49. The van der Waals surface area contributed by atoms with E-state index in [9.17, 15) is 10.1 Å². The van der Waals surface area contributed by atoms with Crippen LogP contribution in [0.15, 0.2) is 24.3 Å². The molecule has 1 aromatic rings. The fraction of sp³-hybridized carbons (Fsp3) is 0.625. The van der Waals surface area contributed by atoms with E-state index in [2.05, 4.69) is 33.0 Å². The third-order valence-electron chi connectivity index (χ3n) is 4.23. The van der Waals surface area contributed by atoms with Crippen molar-refractivity contribution in [3.63, 3.8) is 0 Å². The lowest BCUT2D eigenvalue weighted by Gasteiger charge is -2.52. The Hall–Kier alpha value is -1.62. The van der Waals surface area contributed by atoms with Crippen molar-refractivity contribution in [2.75, 3.05) is 11.9 Å². The summed E-state index contributed by atoms with van der Waals surface area (Å²) < 4.78 is 5.94. The quantitative estimate of drug-likeness (QED) is 0.639. The Morgan fingerprint density at radius 2 is 2.00 bits per heavy atom. The molecule has 0 radical (unpaired) electrons. The summed E-state index contributed by atoms with van der Waals surface area (Å²) in [7, 11) is 0. The number of hydrogen-bond acceptors (Lipinski definition) is 4. The molecule has 0 spiro atoms. The van der Waals surface area contributed by atoms with E-state index in [1.54, 1.807) is 12.1 Å². The standard InChI is InChI=1S/C16H24N2O3/c1-11(2)10-21-15-9-14(16(15,3)4)17-12-5-7-13(8-6-12)18(19)20/h5-8,11,14-15,17H,9-10H2,1-4H3. The van der Waals surface area contributed by atoms with Gasteiger partial charge in [-0.3, -0.25) is 10.1 Å². The van der Waals surface area contributed by atoms with Gasteiger partial charge in [-0.05, 0) is 24.5 Å². The van der Waals surface area contributed by atoms with Gasteiger partial charge < -0.3 is 10.1 Å². The molecular weight excluding hydrogens is 268 g/mol. The Labute approximate surface area is 125 Å². The van der Waals surface area contributed by atoms with E-state index in [4.69, 9.17) is 4.74 Å². The number of non-ortho nitro benzene ring substituents is 1. The van der Waals surface area contributed by atoms with Gasteiger partial charge in [-0.2, -0.15) is 0 Å². The van der Waals surface area contributed by atoms with Crippen LogP contribution in [-0.2, 0) is 4.74 Å². The molecule has 0 amide bonds. The molecule has 1 N–H and O–H groups in total. The Morgan fingerprint density at radius 3 is 2.48 bits per heavy atom. The van der Waals surface area contributed by atoms with Gasteiger partial charge >= 0.3 is 0 Å². The minimum atomic E-state index is -0.382. The van der Waals surface area contributed by atoms with E-state index in [0.29, 0.717) is 12.0 Å². The lowest BCUT2D eigenvalue weighted by atomic mass is 9.64. The average molecular weight is 292 g/mol. The normalized spacial score (nSPS) is 23.7. The summed E-state index contributed by atoms with van der Waals surface area (Å²) in [5.41, 5.74) is 1.10. The zero-order valence-corrected chi connectivity index (χ0v) is 13.1. The van der Waals surface area contributed by atoms with Crippen molar-refractivity contribution in [2.45, 2.75) is 46.3 Å². The Kier molecular flexibility index (Phi) is 4.52. The van der Waals surface area contributed by atoms with Crippen LogP contribution in [0.5, 0.6) is 0 Å². The second-order valence-electron chi connectivity index (χ2n) is 6.77. The van der Waals surface area contributed by atoms with Gasteiger partial charge in [0, 0.05) is 35.9 Å². The zero-order valence-electron chi connectivity index (χ0n) is 13.1. The van der Waals surface area contributed by atoms with E-state index >= 15 is 0 Å². The summed E-state index contributed by atoms with van der Waals surface area (Å²) in [4.78, 5) is 10.3. The minimum absolute atomic E-state index is 0.0661. The molecule has 1 saturated carbocycles. The van der Waals surface area contributed by atoms with Gasteiger partial charge in [0.2, 0.25) is 0 Å². The van der Waals surface area contributed by atoms with Crippen LogP contribution in [0.25, 0.3) is 0 Å². The maximum atomic E-state index is 10.6. The SMILES string of the molecule is CC(C)COC1CC(Nc2ccc([N+](=O)[O-])cc2)C1(C)C. The van der Waals surface area contributed by atoms with E-state index in [-0.39, 0.29) is 22.1 Å². The Morgan fingerprint density at radius 1 is 1.38 bits per heavy atom. The average Bonchev–Trinajstić information content (AvgIpc) is 2.42. The lowest BCUT2D eigenvalue weighted by Crippen LogP contribution is -2.58. The van der Waals surface area contributed by atoms with Gasteiger partial charge in [0.25, 0.3) is 5.69 Å². The predicted octanol–water partition coefficient (Wildman–Crippen LogP) is 3.85. The van der Waals surface area contributed by atoms with Crippen LogP contribution in [-0.4, -0.2) is 23.7 Å². The number of nitro groups is 1. The summed E-state index contributed by atoms with van der Waals surface area (Å²) in [6, 6.07) is 6.91. The molecule has 2 unspecified atom stereocenters. The van der Waals surface area contributed by atoms with Gasteiger partial charge in [-0.25, -0.2) is 0 Å². The second-order valence-corrected chi connectivity index (χ2v) is 6.77. The van der Waals surface area contributed by atoms with Gasteiger partial charge in [-0.15, -0.1) is 0 Å². The summed E-state index contributed by atoms with van der Waals surface area (Å²) >= 11 is 0. The molecule has 1 aliphatic rings. The smallest absolute Gasteiger partial charge is 0.269 e. The molecule has 116 valence electrons. The molecule has 1 fully saturated rings. The Bertz CT molecular complexity index is 497. The third-order valence-corrected chi connectivity index (χ3v) is 4.23. The maximum Gasteiger partial charge on any atom is 0.269 e. The molecule has 0 aromatic heterocycles. The van der Waals surface area contributed by atoms with E-state index in [1.807, 2.05) is 0 Å². The number of anilines is 1. The molecule has 2 atom stereocenters. The molecular formula is C16H24N2O3. The van der Waals surface area contributed by atoms with Crippen molar-refractivity contribution >= 4 is 11.4 Å². The molecule has 21 heavy (non-hydrogen) atoms. The molecule has 0 saturated heterocycles. The van der Waals surface area contributed by atoms with Crippen LogP contribution in [0, 0.1) is 21.4 Å². The van der Waals surface area contributed by atoms with Crippen LogP contribution in [0.2, 0.25) is 0 Å². The van der Waals surface area contributed by atoms with Gasteiger partial charge in [-0.1, -0.05) is 27.7 Å². The highest BCUT2D eigenvalue weighted by Crippen LogP contribution is 2.44. The van der Waals surface area contributed by atoms with Gasteiger partial charge in [0.05, 0.1) is 11.0 Å². The molecule has 1 aromatic carbocycles. The number of benzene rings is 1. The third kappa shape index (κ3) is 3.53. The van der Waals surface area contributed by atoms with Crippen molar-refractivity contribution in [1.82, 2.24) is 0 Å². The highest BCUT2D eigenvalue weighted by Gasteiger charge is 2.49. The molecule has 5 heteroatoms. The molecule has 1 aliphatic carbocycles. The van der Waals surface area contributed by atoms with Crippen LogP contribution in [0.3, 0.4) is 0 Å². The van der Waals surface area contributed by atoms with Crippen LogP contribution in [0.1, 0.15) is 34.1 Å². The minimum Gasteiger partial charge on any atom is -0.382 e. The van der Waals surface area contributed by atoms with E-state index in [1.165, 1.54) is 12.1 Å². The largest absolute Gasteiger partial charge is 0.382 e. The number of nitrogens with zero attached hydrogens (tertiary/aromatic N) is 1. The van der Waals surface area contributed by atoms with Crippen LogP contribution < -0.4 is 5.32 Å². The first kappa shape index (κ1) is 15.8. The van der Waals surface area contributed by atoms with Crippen molar-refractivity contribution < 1.29 is 9.66 Å². The second kappa shape index (κ2) is 6.02. The molecule has 5 nitrogen and oxygen atoms in total. The maximum absolute atomic E-state index is 10.6. The van der Waals surface area contributed by atoms with E-state index in [0.717, 1.165) is 18.7 Å². The van der Waals surface area contributed by atoms with Crippen molar-refractivity contribution in [3.8, 4) is 0 Å². The highest BCUT2D eigenvalue weighted by molar-refractivity contribution is 5.50. The molecule has 0 aliphatic heterocycles. The van der Waals surface area contributed by atoms with Crippen LogP contribution in [0.4, 0.5) is 11.4 Å². The van der Waals surface area contributed by atoms with Gasteiger partial charge in [0.15, 0.2) is 0 Å². The molecule has 0 bridgehead atoms. The fourth-order valence-electron chi connectivity index (χ4n) is 2.60. The Balaban J connectivity index is 1.91. The topological polar surface area (TPSA) is 64.4 Å². The van der Waals surface area contributed by atoms with Crippen LogP contribution >= 0.6 is 0 Å². The highest BCUT2D eigenvalue weighted by atomic mass is 16.6. The van der Waals surface area contributed by atoms with E-state index < -0.39 is 0 Å². The fourth-order valence-corrected chi connectivity index (χ4v) is 2.60.